The number of anilines is 1. The Labute approximate surface area is 195 Å². The van der Waals surface area contributed by atoms with E-state index >= 15 is 0 Å². The summed E-state index contributed by atoms with van der Waals surface area (Å²) in [5, 5.41) is 8.93. The second kappa shape index (κ2) is 10.1. The van der Waals surface area contributed by atoms with Crippen LogP contribution in [0.15, 0.2) is 36.5 Å². The van der Waals surface area contributed by atoms with Crippen LogP contribution >= 0.6 is 0 Å². The number of aryl methyl sites for hydroxylation is 2. The molecule has 0 saturated carbocycles. The average Bonchev–Trinajstić information content (AvgIpc) is 3.36. The van der Waals surface area contributed by atoms with Gasteiger partial charge >= 0.3 is 6.09 Å². The maximum atomic E-state index is 12.4. The Morgan fingerprint density at radius 3 is 2.52 bits per heavy atom. The molecule has 2 aromatic heterocycles. The molecule has 1 N–H and O–H groups in total. The van der Waals surface area contributed by atoms with Crippen LogP contribution < -0.4 is 10.1 Å². The summed E-state index contributed by atoms with van der Waals surface area (Å²) >= 11 is 0. The van der Waals surface area contributed by atoms with Crippen molar-refractivity contribution < 1.29 is 14.3 Å². The number of aromatic nitrogens is 3. The van der Waals surface area contributed by atoms with E-state index < -0.39 is 5.60 Å². The van der Waals surface area contributed by atoms with Gasteiger partial charge in [-0.3, -0.25) is 0 Å². The van der Waals surface area contributed by atoms with E-state index in [0.717, 1.165) is 23.2 Å². The van der Waals surface area contributed by atoms with Crippen molar-refractivity contribution in [2.75, 3.05) is 18.4 Å². The molecule has 0 radical (unpaired) electrons. The van der Waals surface area contributed by atoms with Crippen LogP contribution in [0, 0.1) is 6.92 Å². The zero-order chi connectivity index (χ0) is 24.2. The first-order valence-corrected chi connectivity index (χ1v) is 11.5. The van der Waals surface area contributed by atoms with E-state index in [1.54, 1.807) is 15.8 Å². The molecule has 3 aromatic rings. The molecule has 178 valence electrons. The van der Waals surface area contributed by atoms with Gasteiger partial charge in [-0.05, 0) is 46.2 Å². The maximum absolute atomic E-state index is 12.4. The molecule has 0 aliphatic carbocycles. The summed E-state index contributed by atoms with van der Waals surface area (Å²) in [6.07, 6.45) is 2.25. The molecule has 1 saturated heterocycles. The highest BCUT2D eigenvalue weighted by Crippen LogP contribution is 2.34. The van der Waals surface area contributed by atoms with Crippen molar-refractivity contribution in [3.63, 3.8) is 0 Å². The number of carbonyl (C=O) groups excluding carboxylic acids is 1. The van der Waals surface area contributed by atoms with Gasteiger partial charge in [-0.25, -0.2) is 14.5 Å². The monoisotopic (exact) mass is 453 g/mol. The molecule has 1 unspecified atom stereocenters. The molecule has 1 amide bonds. The van der Waals surface area contributed by atoms with Crippen LogP contribution in [0.3, 0.4) is 0 Å². The number of hydrogen-bond acceptors (Lipinski definition) is 6. The lowest BCUT2D eigenvalue weighted by Crippen LogP contribution is -2.36. The molecule has 8 heteroatoms. The van der Waals surface area contributed by atoms with Gasteiger partial charge in [-0.2, -0.15) is 5.10 Å². The smallest absolute Gasteiger partial charge is 0.410 e. The Morgan fingerprint density at radius 2 is 1.85 bits per heavy atom. The van der Waals surface area contributed by atoms with Crippen molar-refractivity contribution >= 4 is 22.9 Å². The van der Waals surface area contributed by atoms with Crippen molar-refractivity contribution in [2.24, 2.45) is 7.05 Å². The number of amides is 1. The van der Waals surface area contributed by atoms with E-state index in [1.807, 2.05) is 78.9 Å². The van der Waals surface area contributed by atoms with Gasteiger partial charge in [-0.1, -0.05) is 31.5 Å². The lowest BCUT2D eigenvalue weighted by molar-refractivity contribution is 0.0293. The van der Waals surface area contributed by atoms with Gasteiger partial charge in [0.05, 0.1) is 0 Å². The lowest BCUT2D eigenvalue weighted by atomic mass is 10.2. The van der Waals surface area contributed by atoms with Gasteiger partial charge in [0.15, 0.2) is 11.5 Å². The molecule has 1 fully saturated rings. The molecule has 8 nitrogen and oxygen atoms in total. The fourth-order valence-corrected chi connectivity index (χ4v) is 3.63. The fraction of sp³-hybridized carbons (Fsp3) is 0.480. The van der Waals surface area contributed by atoms with E-state index in [9.17, 15) is 4.79 Å². The average molecular weight is 454 g/mol. The van der Waals surface area contributed by atoms with Crippen LogP contribution in [0.2, 0.25) is 0 Å². The standard InChI is InChI=1S/C23H29N5O3.C2H6/c1-15-6-8-17(9-7-15)30-18-10-12-24-21-19(18)20(26-27(21)5)25-16-11-13-28(14-16)22(29)31-23(2,3)4;1-2/h6-10,12,16H,11,13-14H2,1-5H3,(H,25,26);1-2H3. The summed E-state index contributed by atoms with van der Waals surface area (Å²) in [6, 6.07) is 9.83. The van der Waals surface area contributed by atoms with Gasteiger partial charge in [0.1, 0.15) is 22.5 Å². The number of benzene rings is 1. The maximum Gasteiger partial charge on any atom is 0.410 e. The first-order valence-electron chi connectivity index (χ1n) is 11.5. The molecular formula is C25H35N5O3. The number of likely N-dealkylation sites (tertiary alicyclic amines) is 1. The minimum Gasteiger partial charge on any atom is -0.456 e. The van der Waals surface area contributed by atoms with E-state index in [1.165, 1.54) is 5.56 Å². The summed E-state index contributed by atoms with van der Waals surface area (Å²) in [7, 11) is 1.86. The highest BCUT2D eigenvalue weighted by atomic mass is 16.6. The second-order valence-corrected chi connectivity index (χ2v) is 8.95. The molecule has 33 heavy (non-hydrogen) atoms. The van der Waals surface area contributed by atoms with E-state index in [2.05, 4.69) is 15.4 Å². The van der Waals surface area contributed by atoms with Crippen molar-refractivity contribution in [1.82, 2.24) is 19.7 Å². The van der Waals surface area contributed by atoms with E-state index in [-0.39, 0.29) is 12.1 Å². The third-order valence-electron chi connectivity index (χ3n) is 5.12. The van der Waals surface area contributed by atoms with Crippen LogP contribution in [0.5, 0.6) is 11.5 Å². The first-order chi connectivity index (χ1) is 15.7. The number of hydrogen-bond donors (Lipinski definition) is 1. The summed E-state index contributed by atoms with van der Waals surface area (Å²) < 4.78 is 13.4. The molecule has 3 heterocycles. The van der Waals surface area contributed by atoms with Crippen LogP contribution in [0.4, 0.5) is 10.6 Å². The molecule has 1 aliphatic heterocycles. The Hall–Kier alpha value is -3.29. The fourth-order valence-electron chi connectivity index (χ4n) is 3.63. The third kappa shape index (κ3) is 5.94. The summed E-state index contributed by atoms with van der Waals surface area (Å²) in [4.78, 5) is 18.6. The van der Waals surface area contributed by atoms with Gasteiger partial charge in [-0.15, -0.1) is 0 Å². The quantitative estimate of drug-likeness (QED) is 0.560. The highest BCUT2D eigenvalue weighted by molar-refractivity contribution is 5.93. The van der Waals surface area contributed by atoms with E-state index in [4.69, 9.17) is 9.47 Å². The minimum atomic E-state index is -0.506. The zero-order valence-electron chi connectivity index (χ0n) is 20.7. The topological polar surface area (TPSA) is 81.5 Å². The Balaban J connectivity index is 0.00000149. The van der Waals surface area contributed by atoms with Crippen molar-refractivity contribution in [3.8, 4) is 11.5 Å². The number of ether oxygens (including phenoxy) is 2. The van der Waals surface area contributed by atoms with Crippen molar-refractivity contribution in [1.29, 1.82) is 0 Å². The van der Waals surface area contributed by atoms with Gasteiger partial charge in [0.25, 0.3) is 0 Å². The number of fused-ring (bicyclic) bond motifs is 1. The number of carbonyl (C=O) groups is 1. The van der Waals surface area contributed by atoms with Gasteiger partial charge < -0.3 is 19.7 Å². The SMILES string of the molecule is CC.Cc1ccc(Oc2ccnc3c2c(NC2CCN(C(=O)OC(C)(C)C)C2)nn3C)cc1. The molecule has 1 aliphatic rings. The molecular weight excluding hydrogens is 418 g/mol. The van der Waals surface area contributed by atoms with Crippen LogP contribution in [0.25, 0.3) is 11.0 Å². The van der Waals surface area contributed by atoms with Crippen LogP contribution in [0.1, 0.15) is 46.6 Å². The molecule has 0 bridgehead atoms. The lowest BCUT2D eigenvalue weighted by Gasteiger charge is -2.24. The number of pyridine rings is 1. The van der Waals surface area contributed by atoms with Gasteiger partial charge in [0.2, 0.25) is 0 Å². The Kier molecular flexibility index (Phi) is 7.46. The number of rotatable bonds is 4. The predicted octanol–water partition coefficient (Wildman–Crippen LogP) is 5.52. The Morgan fingerprint density at radius 1 is 1.15 bits per heavy atom. The zero-order valence-corrected chi connectivity index (χ0v) is 20.7. The summed E-state index contributed by atoms with van der Waals surface area (Å²) in [5.41, 5.74) is 1.40. The molecule has 1 aromatic carbocycles. The van der Waals surface area contributed by atoms with Crippen molar-refractivity contribution in [2.45, 2.75) is 59.6 Å². The largest absolute Gasteiger partial charge is 0.456 e. The molecule has 4 rings (SSSR count). The highest BCUT2D eigenvalue weighted by Gasteiger charge is 2.31. The van der Waals surface area contributed by atoms with Gasteiger partial charge in [0, 0.05) is 38.4 Å². The molecule has 0 spiro atoms. The van der Waals surface area contributed by atoms with Crippen LogP contribution in [-0.4, -0.2) is 50.5 Å². The van der Waals surface area contributed by atoms with E-state index in [0.29, 0.717) is 24.7 Å². The number of nitrogens with zero attached hydrogens (tertiary/aromatic N) is 4. The third-order valence-corrected chi connectivity index (χ3v) is 5.12. The summed E-state index contributed by atoms with van der Waals surface area (Å²) in [5.74, 6) is 2.14. The van der Waals surface area contributed by atoms with Crippen molar-refractivity contribution in [3.05, 3.63) is 42.1 Å². The molecule has 1 atom stereocenters. The van der Waals surface area contributed by atoms with Crippen LogP contribution in [-0.2, 0) is 11.8 Å². The Bertz CT molecular complexity index is 1090. The predicted molar refractivity (Wildman–Crippen MR) is 131 cm³/mol. The first kappa shape index (κ1) is 24.4. The summed E-state index contributed by atoms with van der Waals surface area (Å²) in [6.45, 7) is 12.9. The second-order valence-electron chi connectivity index (χ2n) is 8.95. The minimum absolute atomic E-state index is 0.0676. The normalized spacial score (nSPS) is 15.7. The number of nitrogens with one attached hydrogen (secondary N) is 1.